The first-order chi connectivity index (χ1) is 7.04. The highest BCUT2D eigenvalue weighted by atomic mass is 127. The molecule has 0 aliphatic carbocycles. The molecule has 15 heavy (non-hydrogen) atoms. The summed E-state index contributed by atoms with van der Waals surface area (Å²) in [6.45, 7) is 0. The Kier molecular flexibility index (Phi) is 3.89. The minimum Gasteiger partial charge on any atom is -0.504 e. The first kappa shape index (κ1) is 11.8. The third kappa shape index (κ3) is 3.08. The molecule has 0 bridgehead atoms. The maximum absolute atomic E-state index is 10.1. The van der Waals surface area contributed by atoms with Gasteiger partial charge in [-0.25, -0.2) is 0 Å². The molecule has 0 radical (unpaired) electrons. The molecule has 0 heterocycles. The summed E-state index contributed by atoms with van der Waals surface area (Å²) in [5.74, 6) is 0.334. The maximum Gasteiger partial charge on any atom is 0.235 e. The van der Waals surface area contributed by atoms with Crippen LogP contribution in [-0.2, 0) is 0 Å². The van der Waals surface area contributed by atoms with Gasteiger partial charge in [-0.15, -0.1) is 0 Å². The van der Waals surface area contributed by atoms with Gasteiger partial charge < -0.3 is 9.84 Å². The zero-order valence-corrected chi connectivity index (χ0v) is 9.96. The molecule has 0 saturated heterocycles. The summed E-state index contributed by atoms with van der Waals surface area (Å²) in [6, 6.07) is 3.15. The lowest BCUT2D eigenvalue weighted by molar-refractivity contribution is -0.400. The van der Waals surface area contributed by atoms with Crippen LogP contribution in [0.4, 0.5) is 0 Å². The summed E-state index contributed by atoms with van der Waals surface area (Å²) >= 11 is 1.92. The zero-order valence-electron chi connectivity index (χ0n) is 7.81. The predicted molar refractivity (Wildman–Crippen MR) is 63.4 cm³/mol. The first-order valence-corrected chi connectivity index (χ1v) is 5.00. The predicted octanol–water partition coefficient (Wildman–Crippen LogP) is 2.25. The summed E-state index contributed by atoms with van der Waals surface area (Å²) in [4.78, 5) is 9.57. The van der Waals surface area contributed by atoms with E-state index in [4.69, 9.17) is 4.74 Å². The molecular formula is C9H8INO4. The van der Waals surface area contributed by atoms with Crippen LogP contribution in [0.15, 0.2) is 18.3 Å². The van der Waals surface area contributed by atoms with Crippen LogP contribution >= 0.6 is 22.6 Å². The molecule has 1 aromatic rings. The molecule has 0 fully saturated rings. The lowest BCUT2D eigenvalue weighted by Gasteiger charge is -2.05. The van der Waals surface area contributed by atoms with Gasteiger partial charge in [0.1, 0.15) is 0 Å². The van der Waals surface area contributed by atoms with Crippen molar-refractivity contribution in [3.05, 3.63) is 37.6 Å². The molecule has 0 aromatic heterocycles. The highest BCUT2D eigenvalue weighted by Gasteiger charge is 2.07. The molecule has 1 N–H and O–H groups in total. The van der Waals surface area contributed by atoms with Gasteiger partial charge in [-0.05, 0) is 40.3 Å². The van der Waals surface area contributed by atoms with Crippen molar-refractivity contribution in [3.8, 4) is 11.5 Å². The van der Waals surface area contributed by atoms with Gasteiger partial charge in [0.25, 0.3) is 0 Å². The van der Waals surface area contributed by atoms with Gasteiger partial charge in [-0.2, -0.15) is 0 Å². The molecule has 6 heteroatoms. The lowest BCUT2D eigenvalue weighted by Crippen LogP contribution is -1.88. The summed E-state index contributed by atoms with van der Waals surface area (Å²) < 4.78 is 5.49. The molecule has 80 valence electrons. The number of phenols is 1. The number of phenolic OH excluding ortho intramolecular Hbond substituents is 1. The van der Waals surface area contributed by atoms with Crippen LogP contribution in [0.25, 0.3) is 6.08 Å². The van der Waals surface area contributed by atoms with Crippen molar-refractivity contribution in [3.63, 3.8) is 0 Å². The van der Waals surface area contributed by atoms with Crippen molar-refractivity contribution < 1.29 is 14.8 Å². The number of nitro groups is 1. The van der Waals surface area contributed by atoms with E-state index in [2.05, 4.69) is 0 Å². The van der Waals surface area contributed by atoms with Gasteiger partial charge in [0, 0.05) is 6.08 Å². The summed E-state index contributed by atoms with van der Waals surface area (Å²) in [5, 5.41) is 19.6. The second kappa shape index (κ2) is 4.96. The molecular weight excluding hydrogens is 313 g/mol. The van der Waals surface area contributed by atoms with E-state index in [9.17, 15) is 15.2 Å². The summed E-state index contributed by atoms with van der Waals surface area (Å²) in [7, 11) is 1.42. The van der Waals surface area contributed by atoms with E-state index in [1.807, 2.05) is 22.6 Å². The van der Waals surface area contributed by atoms with E-state index in [0.29, 0.717) is 14.9 Å². The third-order valence-electron chi connectivity index (χ3n) is 1.66. The van der Waals surface area contributed by atoms with Gasteiger partial charge in [-0.3, -0.25) is 10.1 Å². The summed E-state index contributed by atoms with van der Waals surface area (Å²) in [6.07, 6.45) is 2.17. The van der Waals surface area contributed by atoms with Gasteiger partial charge in [0.05, 0.1) is 15.6 Å². The number of benzene rings is 1. The molecule has 1 rings (SSSR count). The fraction of sp³-hybridized carbons (Fsp3) is 0.111. The fourth-order valence-corrected chi connectivity index (χ4v) is 1.62. The standard InChI is InChI=1S/C9H8INO4/c1-15-8-5-6(2-3-11(13)14)4-7(10)9(8)12/h2-5,12H,1H3/b3-2+. The molecule has 5 nitrogen and oxygen atoms in total. The topological polar surface area (TPSA) is 72.6 Å². The number of halogens is 1. The maximum atomic E-state index is 10.1. The van der Waals surface area contributed by atoms with Gasteiger partial charge in [-0.1, -0.05) is 0 Å². The first-order valence-electron chi connectivity index (χ1n) is 3.93. The van der Waals surface area contributed by atoms with E-state index in [-0.39, 0.29) is 5.75 Å². The minimum atomic E-state index is -0.549. The minimum absolute atomic E-state index is 0.0383. The number of aromatic hydroxyl groups is 1. The smallest absolute Gasteiger partial charge is 0.235 e. The van der Waals surface area contributed by atoms with Crippen molar-refractivity contribution in [1.82, 2.24) is 0 Å². The number of hydrogen-bond donors (Lipinski definition) is 1. The van der Waals surface area contributed by atoms with Crippen molar-refractivity contribution >= 4 is 28.7 Å². The molecule has 0 amide bonds. The third-order valence-corrected chi connectivity index (χ3v) is 2.48. The molecule has 0 unspecified atom stereocenters. The van der Waals surface area contributed by atoms with E-state index in [1.54, 1.807) is 6.07 Å². The van der Waals surface area contributed by atoms with Crippen LogP contribution in [0, 0.1) is 13.7 Å². The molecule has 0 aliphatic rings. The molecule has 1 aromatic carbocycles. The quantitative estimate of drug-likeness (QED) is 0.526. The van der Waals surface area contributed by atoms with E-state index in [1.165, 1.54) is 19.3 Å². The van der Waals surface area contributed by atoms with Gasteiger partial charge in [0.15, 0.2) is 11.5 Å². The van der Waals surface area contributed by atoms with E-state index in [0.717, 1.165) is 6.20 Å². The van der Waals surface area contributed by atoms with Crippen molar-refractivity contribution in [2.45, 2.75) is 0 Å². The van der Waals surface area contributed by atoms with Crippen molar-refractivity contribution in [2.24, 2.45) is 0 Å². The Balaban J connectivity index is 3.11. The SMILES string of the molecule is COc1cc(/C=C/[N+](=O)[O-])cc(I)c1O. The van der Waals surface area contributed by atoms with Crippen LogP contribution in [0.2, 0.25) is 0 Å². The Hall–Kier alpha value is -1.31. The Morgan fingerprint density at radius 1 is 1.60 bits per heavy atom. The second-order valence-electron chi connectivity index (χ2n) is 2.65. The Labute approximate surface area is 99.7 Å². The Bertz CT molecular complexity index is 417. The normalized spacial score (nSPS) is 10.5. The highest BCUT2D eigenvalue weighted by molar-refractivity contribution is 14.1. The number of rotatable bonds is 3. The van der Waals surface area contributed by atoms with Crippen molar-refractivity contribution in [1.29, 1.82) is 0 Å². The van der Waals surface area contributed by atoms with Crippen LogP contribution in [0.1, 0.15) is 5.56 Å². The highest BCUT2D eigenvalue weighted by Crippen LogP contribution is 2.32. The second-order valence-corrected chi connectivity index (χ2v) is 3.82. The zero-order chi connectivity index (χ0) is 11.4. The van der Waals surface area contributed by atoms with Crippen LogP contribution in [0.3, 0.4) is 0 Å². The Morgan fingerprint density at radius 3 is 2.80 bits per heavy atom. The fourth-order valence-electron chi connectivity index (χ4n) is 0.993. The van der Waals surface area contributed by atoms with Crippen LogP contribution in [-0.4, -0.2) is 17.1 Å². The molecule has 0 spiro atoms. The lowest BCUT2D eigenvalue weighted by atomic mass is 10.2. The number of nitrogens with zero attached hydrogens (tertiary/aromatic N) is 1. The molecule has 0 aliphatic heterocycles. The van der Waals surface area contributed by atoms with Crippen molar-refractivity contribution in [2.75, 3.05) is 7.11 Å². The van der Waals surface area contributed by atoms with Crippen LogP contribution in [0.5, 0.6) is 11.5 Å². The number of hydrogen-bond acceptors (Lipinski definition) is 4. The Morgan fingerprint density at radius 2 is 2.27 bits per heavy atom. The van der Waals surface area contributed by atoms with E-state index >= 15 is 0 Å². The number of methoxy groups -OCH3 is 1. The largest absolute Gasteiger partial charge is 0.504 e. The molecule has 0 atom stereocenters. The molecule has 0 saturated carbocycles. The monoisotopic (exact) mass is 321 g/mol. The van der Waals surface area contributed by atoms with E-state index < -0.39 is 4.92 Å². The van der Waals surface area contributed by atoms with Crippen LogP contribution < -0.4 is 4.74 Å². The summed E-state index contributed by atoms with van der Waals surface area (Å²) in [5.41, 5.74) is 0.603. The van der Waals surface area contributed by atoms with Gasteiger partial charge >= 0.3 is 0 Å². The average molecular weight is 321 g/mol. The average Bonchev–Trinajstić information content (AvgIpc) is 2.19. The number of ether oxygens (including phenoxy) is 1. The van der Waals surface area contributed by atoms with Gasteiger partial charge in [0.2, 0.25) is 6.20 Å².